The van der Waals surface area contributed by atoms with E-state index < -0.39 is 6.04 Å². The molecule has 0 fully saturated rings. The summed E-state index contributed by atoms with van der Waals surface area (Å²) in [5.41, 5.74) is 5.73. The minimum absolute atomic E-state index is 0.325. The second-order valence-corrected chi connectivity index (χ2v) is 4.35. The van der Waals surface area contributed by atoms with E-state index in [2.05, 4.69) is 6.92 Å². The maximum absolute atomic E-state index is 11.5. The maximum atomic E-state index is 11.5. The third-order valence-corrected chi connectivity index (χ3v) is 3.05. The molecule has 0 aromatic carbocycles. The van der Waals surface area contributed by atoms with Gasteiger partial charge in [0.15, 0.2) is 0 Å². The van der Waals surface area contributed by atoms with Crippen LogP contribution < -0.4 is 5.73 Å². The van der Waals surface area contributed by atoms with E-state index in [4.69, 9.17) is 10.5 Å². The zero-order chi connectivity index (χ0) is 11.1. The molecular weight excluding hydrogens is 210 g/mol. The lowest BCUT2D eigenvalue weighted by Crippen LogP contribution is -2.23. The van der Waals surface area contributed by atoms with E-state index in [9.17, 15) is 4.79 Å². The highest BCUT2D eigenvalue weighted by atomic mass is 32.1. The van der Waals surface area contributed by atoms with Crippen LogP contribution >= 0.6 is 11.3 Å². The van der Waals surface area contributed by atoms with E-state index in [0.29, 0.717) is 6.61 Å². The molecule has 1 atom stereocenters. The second-order valence-electron chi connectivity index (χ2n) is 3.37. The molecule has 2 N–H and O–H groups in total. The predicted molar refractivity (Wildman–Crippen MR) is 61.7 cm³/mol. The fourth-order valence-corrected chi connectivity index (χ4v) is 1.91. The van der Waals surface area contributed by atoms with Gasteiger partial charge in [0.2, 0.25) is 0 Å². The fourth-order valence-electron chi connectivity index (χ4n) is 1.20. The molecule has 15 heavy (non-hydrogen) atoms. The molecule has 0 amide bonds. The summed E-state index contributed by atoms with van der Waals surface area (Å²) in [5, 5.41) is 1.90. The average molecular weight is 227 g/mol. The van der Waals surface area contributed by atoms with Gasteiger partial charge in [0.05, 0.1) is 6.61 Å². The van der Waals surface area contributed by atoms with Gasteiger partial charge in [-0.1, -0.05) is 25.8 Å². The normalized spacial score (nSPS) is 12.4. The topological polar surface area (TPSA) is 52.3 Å². The van der Waals surface area contributed by atoms with E-state index in [0.717, 1.165) is 24.1 Å². The van der Waals surface area contributed by atoms with Crippen LogP contribution in [0, 0.1) is 0 Å². The van der Waals surface area contributed by atoms with Crippen LogP contribution in [-0.2, 0) is 9.53 Å². The summed E-state index contributed by atoms with van der Waals surface area (Å²) in [6, 6.07) is 3.11. The molecule has 0 spiro atoms. The van der Waals surface area contributed by atoms with E-state index in [1.807, 2.05) is 17.5 Å². The van der Waals surface area contributed by atoms with E-state index in [1.165, 1.54) is 11.3 Å². The van der Waals surface area contributed by atoms with Crippen molar-refractivity contribution in [3.8, 4) is 0 Å². The van der Waals surface area contributed by atoms with Crippen LogP contribution in [0.3, 0.4) is 0 Å². The van der Waals surface area contributed by atoms with Crippen LogP contribution in [-0.4, -0.2) is 12.6 Å². The number of carbonyl (C=O) groups excluding carboxylic acids is 1. The minimum atomic E-state index is -0.619. The molecule has 0 saturated carbocycles. The first-order valence-electron chi connectivity index (χ1n) is 5.21. The summed E-state index contributed by atoms with van der Waals surface area (Å²) in [5.74, 6) is -0.325. The van der Waals surface area contributed by atoms with Crippen LogP contribution in [0.15, 0.2) is 17.5 Å². The van der Waals surface area contributed by atoms with Crippen molar-refractivity contribution >= 4 is 17.3 Å². The summed E-state index contributed by atoms with van der Waals surface area (Å²) in [6.45, 7) is 2.59. The number of ether oxygens (including phenoxy) is 1. The number of carbonyl (C=O) groups is 1. The van der Waals surface area contributed by atoms with Crippen molar-refractivity contribution in [3.63, 3.8) is 0 Å². The summed E-state index contributed by atoms with van der Waals surface area (Å²) in [7, 11) is 0. The van der Waals surface area contributed by atoms with Crippen LogP contribution in [0.5, 0.6) is 0 Å². The highest BCUT2D eigenvalue weighted by Crippen LogP contribution is 2.17. The third-order valence-electron chi connectivity index (χ3n) is 2.10. The molecule has 1 unspecified atom stereocenters. The lowest BCUT2D eigenvalue weighted by atomic mass is 10.2. The van der Waals surface area contributed by atoms with Crippen molar-refractivity contribution in [2.45, 2.75) is 32.2 Å². The van der Waals surface area contributed by atoms with Gasteiger partial charge in [-0.2, -0.15) is 0 Å². The number of nitrogens with two attached hydrogens (primary N) is 1. The highest BCUT2D eigenvalue weighted by molar-refractivity contribution is 7.10. The first-order chi connectivity index (χ1) is 7.25. The number of hydrogen-bond acceptors (Lipinski definition) is 4. The van der Waals surface area contributed by atoms with Crippen LogP contribution in [0.25, 0.3) is 0 Å². The van der Waals surface area contributed by atoms with Gasteiger partial charge in [0, 0.05) is 4.88 Å². The Morgan fingerprint density at radius 2 is 2.40 bits per heavy atom. The van der Waals surface area contributed by atoms with Gasteiger partial charge in [-0.05, 0) is 17.9 Å². The molecule has 84 valence electrons. The molecule has 1 aromatic rings. The summed E-state index contributed by atoms with van der Waals surface area (Å²) < 4.78 is 5.07. The predicted octanol–water partition coefficient (Wildman–Crippen LogP) is 2.48. The fraction of sp³-hybridized carbons (Fsp3) is 0.545. The number of unbranched alkanes of at least 4 members (excludes halogenated alkanes) is 2. The van der Waals surface area contributed by atoms with Gasteiger partial charge in [-0.25, -0.2) is 4.79 Å². The van der Waals surface area contributed by atoms with Crippen molar-refractivity contribution in [2.75, 3.05) is 6.61 Å². The van der Waals surface area contributed by atoms with Gasteiger partial charge in [0.25, 0.3) is 0 Å². The standard InChI is InChI=1S/C11H17NO2S/c1-2-3-4-7-14-11(13)10(12)9-6-5-8-15-9/h5-6,8,10H,2-4,7,12H2,1H3. The molecule has 0 aliphatic carbocycles. The first kappa shape index (κ1) is 12.2. The van der Waals surface area contributed by atoms with E-state index in [-0.39, 0.29) is 5.97 Å². The molecule has 0 aliphatic rings. The van der Waals surface area contributed by atoms with Crippen molar-refractivity contribution < 1.29 is 9.53 Å². The highest BCUT2D eigenvalue weighted by Gasteiger charge is 2.17. The maximum Gasteiger partial charge on any atom is 0.328 e. The Balaban J connectivity index is 2.28. The Morgan fingerprint density at radius 3 is 3.00 bits per heavy atom. The lowest BCUT2D eigenvalue weighted by molar-refractivity contribution is -0.145. The molecule has 0 bridgehead atoms. The Labute approximate surface area is 94.2 Å². The van der Waals surface area contributed by atoms with Gasteiger partial charge < -0.3 is 10.5 Å². The second kappa shape index (κ2) is 6.58. The molecule has 1 heterocycles. The van der Waals surface area contributed by atoms with Crippen LogP contribution in [0.4, 0.5) is 0 Å². The van der Waals surface area contributed by atoms with Gasteiger partial charge >= 0.3 is 5.97 Å². The van der Waals surface area contributed by atoms with Crippen LogP contribution in [0.2, 0.25) is 0 Å². The summed E-state index contributed by atoms with van der Waals surface area (Å²) >= 11 is 1.48. The van der Waals surface area contributed by atoms with Gasteiger partial charge in [0.1, 0.15) is 6.04 Å². The van der Waals surface area contributed by atoms with E-state index >= 15 is 0 Å². The Hall–Kier alpha value is -0.870. The Bertz CT molecular complexity index is 285. The average Bonchev–Trinajstić information content (AvgIpc) is 2.76. The van der Waals surface area contributed by atoms with Crippen molar-refractivity contribution in [3.05, 3.63) is 22.4 Å². The molecular formula is C11H17NO2S. The summed E-state index contributed by atoms with van der Waals surface area (Å²) in [4.78, 5) is 12.3. The summed E-state index contributed by atoms with van der Waals surface area (Å²) in [6.07, 6.45) is 3.12. The quantitative estimate of drug-likeness (QED) is 0.600. The monoisotopic (exact) mass is 227 g/mol. The van der Waals surface area contributed by atoms with Gasteiger partial charge in [-0.15, -0.1) is 11.3 Å². The Kier molecular flexibility index (Phi) is 5.36. The number of thiophene rings is 1. The molecule has 0 radical (unpaired) electrons. The zero-order valence-corrected chi connectivity index (χ0v) is 9.76. The Morgan fingerprint density at radius 1 is 1.60 bits per heavy atom. The van der Waals surface area contributed by atoms with Crippen molar-refractivity contribution in [1.82, 2.24) is 0 Å². The first-order valence-corrected chi connectivity index (χ1v) is 6.09. The minimum Gasteiger partial charge on any atom is -0.464 e. The third kappa shape index (κ3) is 4.01. The molecule has 4 heteroatoms. The number of hydrogen-bond donors (Lipinski definition) is 1. The zero-order valence-electron chi connectivity index (χ0n) is 8.94. The lowest BCUT2D eigenvalue weighted by Gasteiger charge is -2.09. The van der Waals surface area contributed by atoms with Crippen molar-refractivity contribution in [1.29, 1.82) is 0 Å². The SMILES string of the molecule is CCCCCOC(=O)C(N)c1cccs1. The largest absolute Gasteiger partial charge is 0.464 e. The molecule has 1 rings (SSSR count). The smallest absolute Gasteiger partial charge is 0.328 e. The van der Waals surface area contributed by atoms with Gasteiger partial charge in [-0.3, -0.25) is 0 Å². The molecule has 3 nitrogen and oxygen atoms in total. The molecule has 0 saturated heterocycles. The molecule has 1 aromatic heterocycles. The number of esters is 1. The van der Waals surface area contributed by atoms with Crippen molar-refractivity contribution in [2.24, 2.45) is 5.73 Å². The number of rotatable bonds is 6. The van der Waals surface area contributed by atoms with E-state index in [1.54, 1.807) is 0 Å². The molecule has 0 aliphatic heterocycles. The van der Waals surface area contributed by atoms with Crippen LogP contribution in [0.1, 0.15) is 37.1 Å².